The van der Waals surface area contributed by atoms with Crippen LogP contribution in [0, 0.1) is 6.92 Å². The summed E-state index contributed by atoms with van der Waals surface area (Å²) in [5.41, 5.74) is 3.28. The first-order chi connectivity index (χ1) is 9.22. The SMILES string of the molecule is CCNCc1cn(Cc2cc(C)ccc2OC)nn1. The number of benzene rings is 1. The van der Waals surface area contributed by atoms with Crippen LogP contribution in [-0.2, 0) is 13.1 Å². The molecule has 0 aliphatic carbocycles. The number of rotatable bonds is 6. The summed E-state index contributed by atoms with van der Waals surface area (Å²) in [5, 5.41) is 11.5. The van der Waals surface area contributed by atoms with Gasteiger partial charge in [-0.15, -0.1) is 5.10 Å². The third kappa shape index (κ3) is 3.54. The first-order valence-corrected chi connectivity index (χ1v) is 6.46. The normalized spacial score (nSPS) is 10.7. The van der Waals surface area contributed by atoms with Crippen molar-refractivity contribution in [1.29, 1.82) is 0 Å². The molecule has 0 saturated carbocycles. The van der Waals surface area contributed by atoms with Crippen molar-refractivity contribution in [3.63, 3.8) is 0 Å². The zero-order valence-electron chi connectivity index (χ0n) is 11.7. The second-order valence-corrected chi connectivity index (χ2v) is 4.50. The van der Waals surface area contributed by atoms with E-state index in [9.17, 15) is 0 Å². The van der Waals surface area contributed by atoms with Gasteiger partial charge in [0.2, 0.25) is 0 Å². The minimum absolute atomic E-state index is 0.671. The molecule has 19 heavy (non-hydrogen) atoms. The van der Waals surface area contributed by atoms with Crippen LogP contribution in [0.25, 0.3) is 0 Å². The lowest BCUT2D eigenvalue weighted by molar-refractivity contribution is 0.407. The first kappa shape index (κ1) is 13.5. The highest BCUT2D eigenvalue weighted by molar-refractivity contribution is 5.36. The Labute approximate surface area is 113 Å². The maximum atomic E-state index is 5.37. The number of nitrogens with one attached hydrogen (secondary N) is 1. The molecule has 5 nitrogen and oxygen atoms in total. The molecule has 5 heteroatoms. The van der Waals surface area contributed by atoms with Gasteiger partial charge in [0.05, 0.1) is 25.5 Å². The van der Waals surface area contributed by atoms with E-state index in [1.807, 2.05) is 23.0 Å². The molecule has 0 spiro atoms. The molecule has 0 amide bonds. The van der Waals surface area contributed by atoms with Crippen LogP contribution in [0.1, 0.15) is 23.7 Å². The molecule has 0 fully saturated rings. The Morgan fingerprint density at radius 3 is 2.95 bits per heavy atom. The standard InChI is InChI=1S/C14H20N4O/c1-4-15-8-13-10-18(17-16-13)9-12-7-11(2)5-6-14(12)19-3/h5-7,10,15H,4,8-9H2,1-3H3. The molecular formula is C14H20N4O. The van der Waals surface area contributed by atoms with Gasteiger partial charge in [0, 0.05) is 12.1 Å². The molecule has 0 bridgehead atoms. The van der Waals surface area contributed by atoms with Gasteiger partial charge in [0.1, 0.15) is 5.75 Å². The molecule has 0 radical (unpaired) electrons. The van der Waals surface area contributed by atoms with Crippen LogP contribution in [0.15, 0.2) is 24.4 Å². The second kappa shape index (κ2) is 6.33. The number of hydrogen-bond donors (Lipinski definition) is 1. The van der Waals surface area contributed by atoms with Gasteiger partial charge in [0.25, 0.3) is 0 Å². The lowest BCUT2D eigenvalue weighted by atomic mass is 10.1. The predicted octanol–water partition coefficient (Wildman–Crippen LogP) is 1.75. The Morgan fingerprint density at radius 1 is 1.37 bits per heavy atom. The van der Waals surface area contributed by atoms with Crippen molar-refractivity contribution in [1.82, 2.24) is 20.3 Å². The smallest absolute Gasteiger partial charge is 0.123 e. The Balaban J connectivity index is 2.12. The fourth-order valence-electron chi connectivity index (χ4n) is 1.96. The topological polar surface area (TPSA) is 52.0 Å². The van der Waals surface area contributed by atoms with Crippen LogP contribution in [0.2, 0.25) is 0 Å². The molecule has 2 aromatic rings. The van der Waals surface area contributed by atoms with Gasteiger partial charge in [-0.2, -0.15) is 0 Å². The van der Waals surface area contributed by atoms with Crippen molar-refractivity contribution >= 4 is 0 Å². The largest absolute Gasteiger partial charge is 0.496 e. The van der Waals surface area contributed by atoms with E-state index in [1.54, 1.807) is 7.11 Å². The van der Waals surface area contributed by atoms with E-state index in [4.69, 9.17) is 4.74 Å². The van der Waals surface area contributed by atoms with Gasteiger partial charge in [-0.25, -0.2) is 4.68 Å². The minimum atomic E-state index is 0.671. The van der Waals surface area contributed by atoms with Gasteiger partial charge in [-0.1, -0.05) is 29.8 Å². The lowest BCUT2D eigenvalue weighted by Gasteiger charge is -2.09. The second-order valence-electron chi connectivity index (χ2n) is 4.50. The first-order valence-electron chi connectivity index (χ1n) is 6.46. The van der Waals surface area contributed by atoms with Crippen LogP contribution >= 0.6 is 0 Å². The molecule has 0 atom stereocenters. The molecule has 1 aromatic carbocycles. The fraction of sp³-hybridized carbons (Fsp3) is 0.429. The Morgan fingerprint density at radius 2 is 2.21 bits per heavy atom. The lowest BCUT2D eigenvalue weighted by Crippen LogP contribution is -2.11. The van der Waals surface area contributed by atoms with Gasteiger partial charge in [-0.05, 0) is 19.5 Å². The van der Waals surface area contributed by atoms with Gasteiger partial charge < -0.3 is 10.1 Å². The zero-order chi connectivity index (χ0) is 13.7. The minimum Gasteiger partial charge on any atom is -0.496 e. The van der Waals surface area contributed by atoms with E-state index in [-0.39, 0.29) is 0 Å². The summed E-state index contributed by atoms with van der Waals surface area (Å²) in [7, 11) is 1.69. The predicted molar refractivity (Wildman–Crippen MR) is 74.2 cm³/mol. The molecule has 2 rings (SSSR count). The van der Waals surface area contributed by atoms with Gasteiger partial charge in [0.15, 0.2) is 0 Å². The van der Waals surface area contributed by atoms with Crippen molar-refractivity contribution in [2.24, 2.45) is 0 Å². The summed E-state index contributed by atoms with van der Waals surface area (Å²) in [6.45, 7) is 6.49. The highest BCUT2D eigenvalue weighted by atomic mass is 16.5. The quantitative estimate of drug-likeness (QED) is 0.859. The summed E-state index contributed by atoms with van der Waals surface area (Å²) in [6, 6.07) is 6.14. The Bertz CT molecular complexity index is 536. The summed E-state index contributed by atoms with van der Waals surface area (Å²) < 4.78 is 7.21. The highest BCUT2D eigenvalue weighted by Crippen LogP contribution is 2.20. The summed E-state index contributed by atoms with van der Waals surface area (Å²) >= 11 is 0. The Kier molecular flexibility index (Phi) is 4.52. The van der Waals surface area contributed by atoms with Gasteiger partial charge >= 0.3 is 0 Å². The van der Waals surface area contributed by atoms with E-state index < -0.39 is 0 Å². The molecule has 0 aliphatic rings. The summed E-state index contributed by atoms with van der Waals surface area (Å²) in [6.07, 6.45) is 1.96. The van der Waals surface area contributed by atoms with Crippen LogP contribution in [-0.4, -0.2) is 28.6 Å². The molecule has 1 heterocycles. The van der Waals surface area contributed by atoms with E-state index in [0.29, 0.717) is 6.54 Å². The van der Waals surface area contributed by atoms with Crippen molar-refractivity contribution < 1.29 is 4.74 Å². The highest BCUT2D eigenvalue weighted by Gasteiger charge is 2.06. The van der Waals surface area contributed by atoms with Gasteiger partial charge in [-0.3, -0.25) is 0 Å². The average molecular weight is 260 g/mol. The molecular weight excluding hydrogens is 240 g/mol. The van der Waals surface area contributed by atoms with Crippen LogP contribution in [0.3, 0.4) is 0 Å². The molecule has 0 aliphatic heterocycles. The molecule has 0 saturated heterocycles. The van der Waals surface area contributed by atoms with Crippen LogP contribution < -0.4 is 10.1 Å². The fourth-order valence-corrected chi connectivity index (χ4v) is 1.96. The maximum absolute atomic E-state index is 5.37. The van der Waals surface area contributed by atoms with Crippen molar-refractivity contribution in [2.75, 3.05) is 13.7 Å². The van der Waals surface area contributed by atoms with Crippen molar-refractivity contribution in [3.8, 4) is 5.75 Å². The third-order valence-corrected chi connectivity index (χ3v) is 2.91. The zero-order valence-corrected chi connectivity index (χ0v) is 11.7. The Hall–Kier alpha value is -1.88. The summed E-state index contributed by atoms with van der Waals surface area (Å²) in [5.74, 6) is 0.884. The molecule has 1 N–H and O–H groups in total. The average Bonchev–Trinajstić information content (AvgIpc) is 2.84. The number of nitrogens with zero attached hydrogens (tertiary/aromatic N) is 3. The number of aryl methyl sites for hydroxylation is 1. The van der Waals surface area contributed by atoms with Crippen molar-refractivity contribution in [3.05, 3.63) is 41.2 Å². The van der Waals surface area contributed by atoms with Crippen molar-refractivity contribution in [2.45, 2.75) is 26.9 Å². The molecule has 0 unspecified atom stereocenters. The van der Waals surface area contributed by atoms with E-state index >= 15 is 0 Å². The molecule has 102 valence electrons. The maximum Gasteiger partial charge on any atom is 0.123 e. The van der Waals surface area contributed by atoms with E-state index in [2.05, 4.69) is 35.5 Å². The number of methoxy groups -OCH3 is 1. The van der Waals surface area contributed by atoms with E-state index in [0.717, 1.165) is 30.1 Å². The number of hydrogen-bond acceptors (Lipinski definition) is 4. The van der Waals surface area contributed by atoms with E-state index in [1.165, 1.54) is 5.56 Å². The van der Waals surface area contributed by atoms with Crippen LogP contribution in [0.4, 0.5) is 0 Å². The van der Waals surface area contributed by atoms with Crippen LogP contribution in [0.5, 0.6) is 5.75 Å². The third-order valence-electron chi connectivity index (χ3n) is 2.91. The number of aromatic nitrogens is 3. The summed E-state index contributed by atoms with van der Waals surface area (Å²) in [4.78, 5) is 0. The number of ether oxygens (including phenoxy) is 1. The monoisotopic (exact) mass is 260 g/mol. The molecule has 1 aromatic heterocycles.